The summed E-state index contributed by atoms with van der Waals surface area (Å²) in [5, 5.41) is 3.58. The number of rotatable bonds is 3. The molecule has 1 saturated carbocycles. The predicted octanol–water partition coefficient (Wildman–Crippen LogP) is 4.24. The van der Waals surface area contributed by atoms with Crippen LogP contribution in [0, 0.1) is 12.8 Å². The maximum absolute atomic E-state index is 12.4. The van der Waals surface area contributed by atoms with Gasteiger partial charge in [0.25, 0.3) is 0 Å². The van der Waals surface area contributed by atoms with Crippen molar-refractivity contribution in [2.24, 2.45) is 5.92 Å². The number of likely N-dealkylation sites (tertiary alicyclic amines) is 1. The Balaban J connectivity index is 1.61. The molecule has 2 aliphatic rings. The second kappa shape index (κ2) is 7.01. The van der Waals surface area contributed by atoms with Gasteiger partial charge in [0.15, 0.2) is 0 Å². The molecule has 2 atom stereocenters. The molecule has 1 aliphatic heterocycles. The van der Waals surface area contributed by atoms with Crippen LogP contribution >= 0.6 is 11.6 Å². The molecule has 0 unspecified atom stereocenters. The topological polar surface area (TPSA) is 32.3 Å². The molecule has 22 heavy (non-hydrogen) atoms. The molecular weight excluding hydrogens is 296 g/mol. The number of carbonyl (C=O) groups excluding carboxylic acids is 1. The summed E-state index contributed by atoms with van der Waals surface area (Å²) in [5.41, 5.74) is 1.82. The van der Waals surface area contributed by atoms with E-state index in [2.05, 4.69) is 10.2 Å². The zero-order valence-electron chi connectivity index (χ0n) is 13.3. The van der Waals surface area contributed by atoms with Crippen LogP contribution in [0.1, 0.15) is 44.1 Å². The second-order valence-electron chi connectivity index (χ2n) is 6.76. The van der Waals surface area contributed by atoms with Crippen LogP contribution in [0.25, 0.3) is 0 Å². The Morgan fingerprint density at radius 2 is 2.05 bits per heavy atom. The molecule has 1 aromatic carbocycles. The van der Waals surface area contributed by atoms with Crippen molar-refractivity contribution in [3.8, 4) is 0 Å². The molecule has 0 bridgehead atoms. The minimum Gasteiger partial charge on any atom is -0.324 e. The number of fused-ring (bicyclic) bond motifs is 1. The molecular formula is C18H25ClN2O. The summed E-state index contributed by atoms with van der Waals surface area (Å²) in [7, 11) is 0. The van der Waals surface area contributed by atoms with Gasteiger partial charge < -0.3 is 5.32 Å². The molecule has 4 heteroatoms. The Morgan fingerprint density at radius 1 is 1.27 bits per heavy atom. The second-order valence-corrected chi connectivity index (χ2v) is 7.16. The van der Waals surface area contributed by atoms with E-state index in [4.69, 9.17) is 11.6 Å². The number of halogens is 1. The molecule has 1 aliphatic carbocycles. The van der Waals surface area contributed by atoms with Crippen LogP contribution < -0.4 is 5.32 Å². The number of hydrogen-bond donors (Lipinski definition) is 1. The van der Waals surface area contributed by atoms with Crippen molar-refractivity contribution < 1.29 is 4.79 Å². The van der Waals surface area contributed by atoms with Gasteiger partial charge in [0.05, 0.1) is 17.3 Å². The largest absolute Gasteiger partial charge is 0.324 e. The standard InChI is InChI=1S/C18H25ClN2O/c1-13-8-9-16(15(19)11-13)20-18(22)12-21-10-4-6-14-5-2-3-7-17(14)21/h8-9,11,14,17H,2-7,10,12H2,1H3,(H,20,22)/t14-,17-/m0/s1. The summed E-state index contributed by atoms with van der Waals surface area (Å²) in [6.45, 7) is 3.54. The van der Waals surface area contributed by atoms with Crippen molar-refractivity contribution in [2.45, 2.75) is 51.5 Å². The van der Waals surface area contributed by atoms with Crippen molar-refractivity contribution >= 4 is 23.2 Å². The van der Waals surface area contributed by atoms with E-state index in [0.29, 0.717) is 17.6 Å². The fourth-order valence-electron chi connectivity index (χ4n) is 4.02. The first kappa shape index (κ1) is 15.8. The van der Waals surface area contributed by atoms with Crippen LogP contribution in [0.5, 0.6) is 0 Å². The normalized spacial score (nSPS) is 25.5. The average molecular weight is 321 g/mol. The molecule has 0 radical (unpaired) electrons. The Morgan fingerprint density at radius 3 is 2.86 bits per heavy atom. The van der Waals surface area contributed by atoms with Crippen molar-refractivity contribution in [3.05, 3.63) is 28.8 Å². The third kappa shape index (κ3) is 3.64. The van der Waals surface area contributed by atoms with E-state index >= 15 is 0 Å². The summed E-state index contributed by atoms with van der Waals surface area (Å²) in [5.74, 6) is 0.857. The van der Waals surface area contributed by atoms with Gasteiger partial charge in [0, 0.05) is 6.04 Å². The smallest absolute Gasteiger partial charge is 0.238 e. The molecule has 0 spiro atoms. The first-order chi connectivity index (χ1) is 10.6. The lowest BCUT2D eigenvalue weighted by molar-refractivity contribution is -0.118. The van der Waals surface area contributed by atoms with E-state index in [1.54, 1.807) is 0 Å². The van der Waals surface area contributed by atoms with Crippen LogP contribution in [-0.4, -0.2) is 29.9 Å². The number of benzene rings is 1. The van der Waals surface area contributed by atoms with Crippen LogP contribution in [0.4, 0.5) is 5.69 Å². The van der Waals surface area contributed by atoms with Crippen LogP contribution in [0.3, 0.4) is 0 Å². The highest BCUT2D eigenvalue weighted by molar-refractivity contribution is 6.33. The minimum atomic E-state index is 0.0528. The van der Waals surface area contributed by atoms with Crippen molar-refractivity contribution in [2.75, 3.05) is 18.4 Å². The number of amides is 1. The summed E-state index contributed by atoms with van der Waals surface area (Å²) in [6, 6.07) is 6.35. The van der Waals surface area contributed by atoms with E-state index in [-0.39, 0.29) is 5.91 Å². The van der Waals surface area contributed by atoms with Gasteiger partial charge in [0.1, 0.15) is 0 Å². The molecule has 1 amide bonds. The molecule has 3 rings (SSSR count). The number of piperidine rings is 1. The Labute approximate surface area is 138 Å². The van der Waals surface area contributed by atoms with Gasteiger partial charge in [0.2, 0.25) is 5.91 Å². The molecule has 1 N–H and O–H groups in total. The Kier molecular flexibility index (Phi) is 5.04. The van der Waals surface area contributed by atoms with Gasteiger partial charge in [-0.2, -0.15) is 0 Å². The lowest BCUT2D eigenvalue weighted by Crippen LogP contribution is -2.49. The third-order valence-corrected chi connectivity index (χ3v) is 5.42. The third-order valence-electron chi connectivity index (χ3n) is 5.10. The van der Waals surface area contributed by atoms with Gasteiger partial charge in [-0.05, 0) is 62.8 Å². The summed E-state index contributed by atoms with van der Waals surface area (Å²) in [4.78, 5) is 14.8. The van der Waals surface area contributed by atoms with Gasteiger partial charge >= 0.3 is 0 Å². The molecule has 1 heterocycles. The van der Waals surface area contributed by atoms with Gasteiger partial charge in [-0.15, -0.1) is 0 Å². The number of aryl methyl sites for hydroxylation is 1. The fourth-order valence-corrected chi connectivity index (χ4v) is 4.30. The molecule has 2 fully saturated rings. The monoisotopic (exact) mass is 320 g/mol. The van der Waals surface area contributed by atoms with E-state index in [0.717, 1.165) is 23.7 Å². The lowest BCUT2D eigenvalue weighted by atomic mass is 9.78. The van der Waals surface area contributed by atoms with Gasteiger partial charge in [-0.3, -0.25) is 9.69 Å². The van der Waals surface area contributed by atoms with Crippen molar-refractivity contribution in [3.63, 3.8) is 0 Å². The molecule has 1 aromatic rings. The lowest BCUT2D eigenvalue weighted by Gasteiger charge is -2.43. The van der Waals surface area contributed by atoms with Crippen LogP contribution in [0.15, 0.2) is 18.2 Å². The first-order valence-electron chi connectivity index (χ1n) is 8.43. The van der Waals surface area contributed by atoms with Crippen LogP contribution in [0.2, 0.25) is 5.02 Å². The summed E-state index contributed by atoms with van der Waals surface area (Å²) in [6.07, 6.45) is 7.82. The SMILES string of the molecule is Cc1ccc(NC(=O)CN2CCC[C@@H]3CCCC[C@@H]32)c(Cl)c1. The quantitative estimate of drug-likeness (QED) is 0.903. The molecule has 3 nitrogen and oxygen atoms in total. The number of hydrogen-bond acceptors (Lipinski definition) is 2. The van der Waals surface area contributed by atoms with Gasteiger partial charge in [-0.25, -0.2) is 0 Å². The van der Waals surface area contributed by atoms with Crippen LogP contribution in [-0.2, 0) is 4.79 Å². The first-order valence-corrected chi connectivity index (χ1v) is 8.81. The van der Waals surface area contributed by atoms with Gasteiger partial charge in [-0.1, -0.05) is 30.5 Å². The number of carbonyl (C=O) groups is 1. The minimum absolute atomic E-state index is 0.0528. The maximum Gasteiger partial charge on any atom is 0.238 e. The van der Waals surface area contributed by atoms with Crippen molar-refractivity contribution in [1.82, 2.24) is 4.90 Å². The highest BCUT2D eigenvalue weighted by atomic mass is 35.5. The number of nitrogens with one attached hydrogen (secondary N) is 1. The zero-order chi connectivity index (χ0) is 15.5. The molecule has 1 saturated heterocycles. The average Bonchev–Trinajstić information content (AvgIpc) is 2.50. The predicted molar refractivity (Wildman–Crippen MR) is 91.4 cm³/mol. The van der Waals surface area contributed by atoms with E-state index in [1.165, 1.54) is 38.5 Å². The fraction of sp³-hybridized carbons (Fsp3) is 0.611. The zero-order valence-corrected chi connectivity index (χ0v) is 14.0. The summed E-state index contributed by atoms with van der Waals surface area (Å²) >= 11 is 6.20. The van der Waals surface area contributed by atoms with E-state index in [9.17, 15) is 4.79 Å². The Hall–Kier alpha value is -1.06. The Bertz CT molecular complexity index is 544. The highest BCUT2D eigenvalue weighted by Crippen LogP contribution is 2.35. The number of anilines is 1. The van der Waals surface area contributed by atoms with Crippen molar-refractivity contribution in [1.29, 1.82) is 0 Å². The molecule has 120 valence electrons. The highest BCUT2D eigenvalue weighted by Gasteiger charge is 2.33. The van der Waals surface area contributed by atoms with E-state index in [1.807, 2.05) is 25.1 Å². The molecule has 0 aromatic heterocycles. The summed E-state index contributed by atoms with van der Waals surface area (Å²) < 4.78 is 0. The number of nitrogens with zero attached hydrogens (tertiary/aromatic N) is 1. The maximum atomic E-state index is 12.4. The van der Waals surface area contributed by atoms with E-state index < -0.39 is 0 Å².